The van der Waals surface area contributed by atoms with Gasteiger partial charge in [0.15, 0.2) is 0 Å². The maximum absolute atomic E-state index is 12.9. The van der Waals surface area contributed by atoms with Crippen LogP contribution in [-0.4, -0.2) is 62.7 Å². The fourth-order valence-electron chi connectivity index (χ4n) is 4.16. The lowest BCUT2D eigenvalue weighted by Gasteiger charge is -2.39. The molecule has 1 atom stereocenters. The average molecular weight is 377 g/mol. The summed E-state index contributed by atoms with van der Waals surface area (Å²) in [5, 5.41) is 9.81. The predicted octanol–water partition coefficient (Wildman–Crippen LogP) is 1.78. The predicted molar refractivity (Wildman–Crippen MR) is 106 cm³/mol. The quantitative estimate of drug-likeness (QED) is 0.753. The maximum Gasteiger partial charge on any atom is 0.253 e. The Bertz CT molecular complexity index is 1030. The second-order valence-corrected chi connectivity index (χ2v) is 7.72. The molecule has 4 heterocycles. The van der Waals surface area contributed by atoms with Crippen LogP contribution in [0.15, 0.2) is 42.6 Å². The number of likely N-dealkylation sites (tertiary alicyclic amines) is 1. The van der Waals surface area contributed by atoms with E-state index in [2.05, 4.69) is 9.88 Å². The van der Waals surface area contributed by atoms with E-state index < -0.39 is 0 Å². The Morgan fingerprint density at radius 1 is 1.18 bits per heavy atom. The topological polar surface area (TPSA) is 74.5 Å². The van der Waals surface area contributed by atoms with Gasteiger partial charge in [-0.1, -0.05) is 6.07 Å². The number of imidazole rings is 1. The lowest BCUT2D eigenvalue weighted by molar-refractivity contribution is 0.0599. The van der Waals surface area contributed by atoms with Gasteiger partial charge in [0.05, 0.1) is 17.1 Å². The van der Waals surface area contributed by atoms with Crippen molar-refractivity contribution in [2.75, 3.05) is 31.1 Å². The fraction of sp³-hybridized carbons (Fsp3) is 0.381. The van der Waals surface area contributed by atoms with E-state index in [4.69, 9.17) is 4.98 Å². The third kappa shape index (κ3) is 2.82. The van der Waals surface area contributed by atoms with Crippen molar-refractivity contribution in [2.45, 2.75) is 18.4 Å². The molecule has 2 aromatic heterocycles. The number of hydrogen-bond acceptors (Lipinski definition) is 5. The molecule has 1 N–H and O–H groups in total. The SMILES string of the molecule is Cn1c(N2CC[C@H](O)C2)nc2cc(C(=O)N3CC(c4ccccn4)C3)ccc21. The lowest BCUT2D eigenvalue weighted by atomic mass is 9.95. The second-order valence-electron chi connectivity index (χ2n) is 7.72. The van der Waals surface area contributed by atoms with Crippen LogP contribution in [0.1, 0.15) is 28.4 Å². The summed E-state index contributed by atoms with van der Waals surface area (Å²) in [4.78, 5) is 25.9. The molecular formula is C21H23N5O2. The summed E-state index contributed by atoms with van der Waals surface area (Å²) in [6, 6.07) is 11.6. The van der Waals surface area contributed by atoms with E-state index in [1.807, 2.05) is 52.9 Å². The van der Waals surface area contributed by atoms with Gasteiger partial charge in [0.1, 0.15) is 0 Å². The van der Waals surface area contributed by atoms with Gasteiger partial charge in [0.25, 0.3) is 5.91 Å². The molecule has 3 aromatic rings. The maximum atomic E-state index is 12.9. The zero-order chi connectivity index (χ0) is 19.3. The molecule has 0 bridgehead atoms. The summed E-state index contributed by atoms with van der Waals surface area (Å²) in [5.41, 5.74) is 3.51. The highest BCUT2D eigenvalue weighted by atomic mass is 16.3. The monoisotopic (exact) mass is 377 g/mol. The normalized spacial score (nSPS) is 20.0. The number of β-amino-alcohol motifs (C(OH)–C–C–N with tert-alkyl or cyclic N) is 1. The molecule has 28 heavy (non-hydrogen) atoms. The van der Waals surface area contributed by atoms with Gasteiger partial charge < -0.3 is 19.5 Å². The molecule has 1 aromatic carbocycles. The van der Waals surface area contributed by atoms with Crippen LogP contribution >= 0.6 is 0 Å². The van der Waals surface area contributed by atoms with Gasteiger partial charge in [-0.15, -0.1) is 0 Å². The zero-order valence-corrected chi connectivity index (χ0v) is 15.8. The second kappa shape index (κ2) is 6.60. The van der Waals surface area contributed by atoms with Crippen LogP contribution in [0.3, 0.4) is 0 Å². The van der Waals surface area contributed by atoms with Crippen LogP contribution in [-0.2, 0) is 7.05 Å². The summed E-state index contributed by atoms with van der Waals surface area (Å²) in [6.45, 7) is 2.80. The van der Waals surface area contributed by atoms with Crippen molar-refractivity contribution in [3.8, 4) is 0 Å². The van der Waals surface area contributed by atoms with Gasteiger partial charge in [0, 0.05) is 56.6 Å². The third-order valence-corrected chi connectivity index (χ3v) is 5.83. The van der Waals surface area contributed by atoms with Crippen molar-refractivity contribution in [1.82, 2.24) is 19.4 Å². The van der Waals surface area contributed by atoms with Crippen molar-refractivity contribution in [3.63, 3.8) is 0 Å². The van der Waals surface area contributed by atoms with Gasteiger partial charge >= 0.3 is 0 Å². The van der Waals surface area contributed by atoms with E-state index in [-0.39, 0.29) is 12.0 Å². The number of aryl methyl sites for hydroxylation is 1. The van der Waals surface area contributed by atoms with Crippen molar-refractivity contribution < 1.29 is 9.90 Å². The number of carbonyl (C=O) groups excluding carboxylic acids is 1. The number of aliphatic hydroxyl groups excluding tert-OH is 1. The Hall–Kier alpha value is -2.93. The number of aliphatic hydroxyl groups is 1. The fourth-order valence-corrected chi connectivity index (χ4v) is 4.16. The number of hydrogen-bond donors (Lipinski definition) is 1. The molecule has 7 heteroatoms. The molecule has 2 saturated heterocycles. The minimum absolute atomic E-state index is 0.0397. The standard InChI is InChI=1S/C21H23N5O2/c1-24-19-6-5-14(10-18(19)23-21(24)25-9-7-16(27)13-25)20(28)26-11-15(12-26)17-4-2-3-8-22-17/h2-6,8,10,15-16,27H,7,9,11-13H2,1H3/t16-/m0/s1. The minimum Gasteiger partial charge on any atom is -0.391 e. The number of rotatable bonds is 3. The smallest absolute Gasteiger partial charge is 0.253 e. The molecule has 2 fully saturated rings. The lowest BCUT2D eigenvalue weighted by Crippen LogP contribution is -2.48. The number of amides is 1. The third-order valence-electron chi connectivity index (χ3n) is 5.83. The van der Waals surface area contributed by atoms with Crippen LogP contribution in [0.25, 0.3) is 11.0 Å². The molecule has 2 aliphatic rings. The van der Waals surface area contributed by atoms with Crippen LogP contribution in [0.4, 0.5) is 5.95 Å². The summed E-state index contributed by atoms with van der Waals surface area (Å²) in [6.07, 6.45) is 2.26. The number of nitrogens with zero attached hydrogens (tertiary/aromatic N) is 5. The summed E-state index contributed by atoms with van der Waals surface area (Å²) < 4.78 is 2.03. The highest BCUT2D eigenvalue weighted by molar-refractivity contribution is 5.98. The Kier molecular flexibility index (Phi) is 4.05. The van der Waals surface area contributed by atoms with Crippen LogP contribution < -0.4 is 4.90 Å². The highest BCUT2D eigenvalue weighted by Gasteiger charge is 2.33. The molecule has 7 nitrogen and oxygen atoms in total. The van der Waals surface area contributed by atoms with Crippen molar-refractivity contribution in [1.29, 1.82) is 0 Å². The molecular weight excluding hydrogens is 354 g/mol. The van der Waals surface area contributed by atoms with Crippen LogP contribution in [0.5, 0.6) is 0 Å². The summed E-state index contributed by atoms with van der Waals surface area (Å²) >= 11 is 0. The number of aromatic nitrogens is 3. The number of pyridine rings is 1. The molecule has 2 aliphatic heterocycles. The first-order chi connectivity index (χ1) is 13.6. The number of carbonyl (C=O) groups is 1. The molecule has 0 aliphatic carbocycles. The summed E-state index contributed by atoms with van der Waals surface area (Å²) in [5.74, 6) is 1.20. The number of benzene rings is 1. The van der Waals surface area contributed by atoms with Gasteiger partial charge in [-0.2, -0.15) is 0 Å². The van der Waals surface area contributed by atoms with E-state index in [1.54, 1.807) is 6.20 Å². The molecule has 0 spiro atoms. The molecule has 0 saturated carbocycles. The van der Waals surface area contributed by atoms with Gasteiger partial charge in [-0.05, 0) is 36.8 Å². The Labute approximate surface area is 163 Å². The first-order valence-electron chi connectivity index (χ1n) is 9.70. The van der Waals surface area contributed by atoms with E-state index in [1.165, 1.54) is 0 Å². The molecule has 0 unspecified atom stereocenters. The van der Waals surface area contributed by atoms with Crippen LogP contribution in [0, 0.1) is 0 Å². The summed E-state index contributed by atoms with van der Waals surface area (Å²) in [7, 11) is 1.98. The molecule has 5 rings (SSSR count). The van der Waals surface area contributed by atoms with E-state index in [0.717, 1.165) is 35.6 Å². The van der Waals surface area contributed by atoms with Crippen LogP contribution in [0.2, 0.25) is 0 Å². The van der Waals surface area contributed by atoms with E-state index in [9.17, 15) is 9.90 Å². The van der Waals surface area contributed by atoms with E-state index in [0.29, 0.717) is 31.1 Å². The van der Waals surface area contributed by atoms with E-state index >= 15 is 0 Å². The molecule has 144 valence electrons. The van der Waals surface area contributed by atoms with Crippen molar-refractivity contribution >= 4 is 22.9 Å². The Morgan fingerprint density at radius 3 is 2.75 bits per heavy atom. The number of anilines is 1. The first-order valence-corrected chi connectivity index (χ1v) is 9.70. The Balaban J connectivity index is 1.35. The average Bonchev–Trinajstić information content (AvgIpc) is 3.24. The number of fused-ring (bicyclic) bond motifs is 1. The Morgan fingerprint density at radius 2 is 2.04 bits per heavy atom. The molecule has 0 radical (unpaired) electrons. The minimum atomic E-state index is -0.296. The van der Waals surface area contributed by atoms with Crippen molar-refractivity contribution in [3.05, 3.63) is 53.9 Å². The van der Waals surface area contributed by atoms with Gasteiger partial charge in [0.2, 0.25) is 5.95 Å². The largest absolute Gasteiger partial charge is 0.391 e. The highest BCUT2D eigenvalue weighted by Crippen LogP contribution is 2.29. The van der Waals surface area contributed by atoms with Gasteiger partial charge in [-0.3, -0.25) is 9.78 Å². The first kappa shape index (κ1) is 17.2. The zero-order valence-electron chi connectivity index (χ0n) is 15.8. The van der Waals surface area contributed by atoms with Crippen molar-refractivity contribution in [2.24, 2.45) is 7.05 Å². The molecule has 1 amide bonds. The van der Waals surface area contributed by atoms with Gasteiger partial charge in [-0.25, -0.2) is 4.98 Å².